The van der Waals surface area contributed by atoms with Gasteiger partial charge in [-0.3, -0.25) is 4.79 Å². The highest BCUT2D eigenvalue weighted by molar-refractivity contribution is 7.99. The second-order valence-electron chi connectivity index (χ2n) is 4.50. The van der Waals surface area contributed by atoms with Crippen LogP contribution in [-0.4, -0.2) is 29.4 Å². The zero-order valence-electron chi connectivity index (χ0n) is 11.2. The summed E-state index contributed by atoms with van der Waals surface area (Å²) in [6, 6.07) is 6.17. The van der Waals surface area contributed by atoms with E-state index in [1.54, 1.807) is 18.7 Å². The van der Waals surface area contributed by atoms with Gasteiger partial charge in [0.05, 0.1) is 6.61 Å². The van der Waals surface area contributed by atoms with Gasteiger partial charge >= 0.3 is 0 Å². The van der Waals surface area contributed by atoms with Crippen molar-refractivity contribution in [1.29, 1.82) is 0 Å². The topological polar surface area (TPSA) is 49.3 Å². The Hall–Kier alpha value is -1.00. The zero-order valence-corrected chi connectivity index (χ0v) is 12.0. The Morgan fingerprint density at radius 3 is 2.72 bits per heavy atom. The maximum atomic E-state index is 11.5. The predicted octanol–water partition coefficient (Wildman–Crippen LogP) is 2.28. The molecule has 1 aromatic rings. The number of hydrogen-bond donors (Lipinski definition) is 2. The fraction of sp³-hybridized carbons (Fsp3) is 0.500. The first-order valence-electron chi connectivity index (χ1n) is 6.13. The van der Waals surface area contributed by atoms with Crippen LogP contribution in [0.2, 0.25) is 0 Å². The molecule has 0 aliphatic heterocycles. The molecule has 1 rings (SSSR count). The second kappa shape index (κ2) is 7.44. The Labute approximate surface area is 113 Å². The average molecular weight is 267 g/mol. The number of carbonyl (C=O) groups excluding carboxylic acids is 1. The smallest absolute Gasteiger partial charge is 0.221 e. The third-order valence-electron chi connectivity index (χ3n) is 2.76. The molecule has 0 aliphatic rings. The Morgan fingerprint density at radius 2 is 2.11 bits per heavy atom. The van der Waals surface area contributed by atoms with Crippen LogP contribution in [-0.2, 0) is 4.79 Å². The normalized spacial score (nSPS) is 12.2. The molecule has 3 nitrogen and oxygen atoms in total. The lowest BCUT2D eigenvalue weighted by Gasteiger charge is -2.10. The van der Waals surface area contributed by atoms with Crippen LogP contribution >= 0.6 is 11.8 Å². The summed E-state index contributed by atoms with van der Waals surface area (Å²) in [5.74, 6) is 0.750. The van der Waals surface area contributed by atoms with Gasteiger partial charge in [0.2, 0.25) is 5.91 Å². The number of rotatable bonds is 6. The van der Waals surface area contributed by atoms with E-state index < -0.39 is 0 Å². The molecule has 0 unspecified atom stereocenters. The number of aliphatic hydroxyl groups excluding tert-OH is 1. The van der Waals surface area contributed by atoms with Crippen LogP contribution in [0.5, 0.6) is 0 Å². The summed E-state index contributed by atoms with van der Waals surface area (Å²) in [6.07, 6.45) is 0.474. The summed E-state index contributed by atoms with van der Waals surface area (Å²) >= 11 is 1.68. The summed E-state index contributed by atoms with van der Waals surface area (Å²) < 4.78 is 0. The second-order valence-corrected chi connectivity index (χ2v) is 5.66. The molecule has 0 aliphatic carbocycles. The lowest BCUT2D eigenvalue weighted by atomic mass is 10.1. The molecule has 100 valence electrons. The molecule has 0 fully saturated rings. The lowest BCUT2D eigenvalue weighted by molar-refractivity contribution is -0.121. The van der Waals surface area contributed by atoms with E-state index in [1.807, 2.05) is 0 Å². The highest BCUT2D eigenvalue weighted by Crippen LogP contribution is 2.21. The van der Waals surface area contributed by atoms with Gasteiger partial charge in [-0.25, -0.2) is 0 Å². The minimum absolute atomic E-state index is 0.00659. The quantitative estimate of drug-likeness (QED) is 0.777. The third-order valence-corrected chi connectivity index (χ3v) is 3.75. The number of nitrogens with one attached hydrogen (secondary N) is 1. The van der Waals surface area contributed by atoms with Crippen LogP contribution in [0.15, 0.2) is 23.1 Å². The molecule has 1 aromatic carbocycles. The van der Waals surface area contributed by atoms with Gasteiger partial charge < -0.3 is 10.4 Å². The van der Waals surface area contributed by atoms with Crippen molar-refractivity contribution in [2.75, 3.05) is 12.4 Å². The van der Waals surface area contributed by atoms with Crippen LogP contribution in [0, 0.1) is 13.8 Å². The molecule has 1 atom stereocenters. The summed E-state index contributed by atoms with van der Waals surface area (Å²) in [5, 5.41) is 11.6. The van der Waals surface area contributed by atoms with Crippen molar-refractivity contribution in [3.8, 4) is 0 Å². The molecule has 0 radical (unpaired) electrons. The first-order valence-corrected chi connectivity index (χ1v) is 7.11. The van der Waals surface area contributed by atoms with Crippen molar-refractivity contribution >= 4 is 17.7 Å². The molecular weight excluding hydrogens is 246 g/mol. The van der Waals surface area contributed by atoms with E-state index in [0.717, 1.165) is 5.75 Å². The van der Waals surface area contributed by atoms with E-state index >= 15 is 0 Å². The molecule has 0 saturated heterocycles. The van der Waals surface area contributed by atoms with Gasteiger partial charge in [0.25, 0.3) is 0 Å². The number of thioether (sulfide) groups is 1. The van der Waals surface area contributed by atoms with Gasteiger partial charge in [0.15, 0.2) is 0 Å². The maximum Gasteiger partial charge on any atom is 0.221 e. The number of aliphatic hydroxyl groups is 1. The van der Waals surface area contributed by atoms with Crippen molar-refractivity contribution in [2.24, 2.45) is 0 Å². The number of hydrogen-bond acceptors (Lipinski definition) is 3. The summed E-state index contributed by atoms with van der Waals surface area (Å²) in [6.45, 7) is 5.95. The van der Waals surface area contributed by atoms with Crippen molar-refractivity contribution in [1.82, 2.24) is 5.32 Å². The maximum absolute atomic E-state index is 11.5. The highest BCUT2D eigenvalue weighted by atomic mass is 32.2. The molecule has 0 heterocycles. The molecule has 1 amide bonds. The number of amides is 1. The molecule has 0 spiro atoms. The van der Waals surface area contributed by atoms with E-state index in [4.69, 9.17) is 5.11 Å². The Kier molecular flexibility index (Phi) is 6.22. The van der Waals surface area contributed by atoms with Crippen molar-refractivity contribution in [2.45, 2.75) is 38.1 Å². The Bertz CT molecular complexity index is 407. The molecule has 0 aromatic heterocycles. The van der Waals surface area contributed by atoms with Crippen LogP contribution in [0.1, 0.15) is 24.5 Å². The van der Waals surface area contributed by atoms with Gasteiger partial charge in [-0.15, -0.1) is 11.8 Å². The van der Waals surface area contributed by atoms with E-state index in [9.17, 15) is 4.79 Å². The van der Waals surface area contributed by atoms with Gasteiger partial charge in [0, 0.05) is 23.1 Å². The van der Waals surface area contributed by atoms with E-state index in [2.05, 4.69) is 37.4 Å². The monoisotopic (exact) mass is 267 g/mol. The van der Waals surface area contributed by atoms with Crippen LogP contribution < -0.4 is 5.32 Å². The van der Waals surface area contributed by atoms with Gasteiger partial charge in [-0.05, 0) is 44.0 Å². The molecular formula is C14H21NO2S. The van der Waals surface area contributed by atoms with Crippen molar-refractivity contribution in [3.05, 3.63) is 29.3 Å². The fourth-order valence-corrected chi connectivity index (χ4v) is 2.41. The molecule has 0 saturated carbocycles. The molecule has 4 heteroatoms. The first-order chi connectivity index (χ1) is 8.52. The average Bonchev–Trinajstić information content (AvgIpc) is 2.33. The standard InChI is InChI=1S/C14H21NO2S/c1-10-4-5-13(8-11(10)2)18-7-6-14(17)15-12(3)9-16/h4-5,8,12,16H,6-7,9H2,1-3H3,(H,15,17)/t12-/m1/s1. The summed E-state index contributed by atoms with van der Waals surface area (Å²) in [4.78, 5) is 12.7. The van der Waals surface area contributed by atoms with Crippen LogP contribution in [0.3, 0.4) is 0 Å². The molecule has 18 heavy (non-hydrogen) atoms. The van der Waals surface area contributed by atoms with Crippen LogP contribution in [0.4, 0.5) is 0 Å². The predicted molar refractivity (Wildman–Crippen MR) is 75.9 cm³/mol. The summed E-state index contributed by atoms with van der Waals surface area (Å²) in [7, 11) is 0. The largest absolute Gasteiger partial charge is 0.394 e. The van der Waals surface area contributed by atoms with Crippen molar-refractivity contribution < 1.29 is 9.90 Å². The number of benzene rings is 1. The SMILES string of the molecule is Cc1ccc(SCCC(=O)N[C@H](C)CO)cc1C. The Morgan fingerprint density at radius 1 is 1.39 bits per heavy atom. The van der Waals surface area contributed by atoms with Gasteiger partial charge in [-0.1, -0.05) is 6.07 Å². The van der Waals surface area contributed by atoms with E-state index in [-0.39, 0.29) is 18.6 Å². The van der Waals surface area contributed by atoms with Crippen LogP contribution in [0.25, 0.3) is 0 Å². The lowest BCUT2D eigenvalue weighted by Crippen LogP contribution is -2.35. The Balaban J connectivity index is 2.33. The third kappa shape index (κ3) is 5.10. The minimum atomic E-state index is -0.163. The molecule has 2 N–H and O–H groups in total. The fourth-order valence-electron chi connectivity index (χ4n) is 1.46. The first kappa shape index (κ1) is 15.1. The van der Waals surface area contributed by atoms with Crippen molar-refractivity contribution in [3.63, 3.8) is 0 Å². The zero-order chi connectivity index (χ0) is 13.5. The van der Waals surface area contributed by atoms with Gasteiger partial charge in [-0.2, -0.15) is 0 Å². The van der Waals surface area contributed by atoms with Gasteiger partial charge in [0.1, 0.15) is 0 Å². The number of carbonyl (C=O) groups is 1. The minimum Gasteiger partial charge on any atom is -0.394 e. The molecule has 0 bridgehead atoms. The number of aryl methyl sites for hydroxylation is 2. The van der Waals surface area contributed by atoms with E-state index in [1.165, 1.54) is 16.0 Å². The highest BCUT2D eigenvalue weighted by Gasteiger charge is 2.06. The summed E-state index contributed by atoms with van der Waals surface area (Å²) in [5.41, 5.74) is 2.56. The van der Waals surface area contributed by atoms with E-state index in [0.29, 0.717) is 6.42 Å².